The van der Waals surface area contributed by atoms with Crippen LogP contribution in [0.5, 0.6) is 0 Å². The SMILES string of the molecule is Nc1cnc2ccc(Br)cc2c1SCC1CCCO1. The molecule has 0 aliphatic carbocycles. The second kappa shape index (κ2) is 5.69. The Bertz CT molecular complexity index is 594. The number of rotatable bonds is 3. The zero-order valence-corrected chi connectivity index (χ0v) is 12.8. The first-order chi connectivity index (χ1) is 9.24. The molecule has 1 aromatic carbocycles. The van der Waals surface area contributed by atoms with Crippen LogP contribution in [0.15, 0.2) is 33.8 Å². The van der Waals surface area contributed by atoms with Crippen LogP contribution in [0.25, 0.3) is 10.9 Å². The molecule has 5 heteroatoms. The topological polar surface area (TPSA) is 48.1 Å². The first-order valence-corrected chi connectivity index (χ1v) is 8.10. The molecule has 1 fully saturated rings. The largest absolute Gasteiger partial charge is 0.397 e. The summed E-state index contributed by atoms with van der Waals surface area (Å²) in [5, 5.41) is 1.11. The van der Waals surface area contributed by atoms with Crippen molar-refractivity contribution in [3.8, 4) is 0 Å². The Kier molecular flexibility index (Phi) is 3.96. The average Bonchev–Trinajstić information content (AvgIpc) is 2.91. The van der Waals surface area contributed by atoms with Crippen molar-refractivity contribution in [2.75, 3.05) is 18.1 Å². The van der Waals surface area contributed by atoms with E-state index in [-0.39, 0.29) is 0 Å². The zero-order valence-electron chi connectivity index (χ0n) is 10.4. The molecule has 1 aliphatic heterocycles. The maximum absolute atomic E-state index is 6.08. The molecular formula is C14H15BrN2OS. The van der Waals surface area contributed by atoms with Gasteiger partial charge in [0.25, 0.3) is 0 Å². The molecule has 0 radical (unpaired) electrons. The number of aromatic nitrogens is 1. The van der Waals surface area contributed by atoms with Gasteiger partial charge in [-0.2, -0.15) is 0 Å². The molecule has 3 rings (SSSR count). The van der Waals surface area contributed by atoms with E-state index < -0.39 is 0 Å². The minimum atomic E-state index is 0.361. The molecule has 100 valence electrons. The van der Waals surface area contributed by atoms with Crippen molar-refractivity contribution in [1.82, 2.24) is 4.98 Å². The third-order valence-corrected chi connectivity index (χ3v) is 5.02. The van der Waals surface area contributed by atoms with E-state index in [0.717, 1.165) is 44.7 Å². The van der Waals surface area contributed by atoms with E-state index in [4.69, 9.17) is 10.5 Å². The van der Waals surface area contributed by atoms with Gasteiger partial charge in [0.05, 0.1) is 23.5 Å². The fraction of sp³-hybridized carbons (Fsp3) is 0.357. The van der Waals surface area contributed by atoms with E-state index in [1.165, 1.54) is 6.42 Å². The Morgan fingerprint density at radius 1 is 1.47 bits per heavy atom. The number of nitrogen functional groups attached to an aromatic ring is 1. The van der Waals surface area contributed by atoms with Crippen molar-refractivity contribution in [1.29, 1.82) is 0 Å². The van der Waals surface area contributed by atoms with Gasteiger partial charge in [-0.3, -0.25) is 4.98 Å². The molecule has 1 unspecified atom stereocenters. The first-order valence-electron chi connectivity index (χ1n) is 6.32. The molecule has 1 aromatic heterocycles. The molecule has 2 heterocycles. The van der Waals surface area contributed by atoms with Crippen LogP contribution in [0.1, 0.15) is 12.8 Å². The van der Waals surface area contributed by atoms with E-state index in [1.54, 1.807) is 18.0 Å². The summed E-state index contributed by atoms with van der Waals surface area (Å²) < 4.78 is 6.71. The van der Waals surface area contributed by atoms with Crippen LogP contribution in [0, 0.1) is 0 Å². The number of nitrogens with two attached hydrogens (primary N) is 1. The van der Waals surface area contributed by atoms with Crippen molar-refractivity contribution < 1.29 is 4.74 Å². The number of hydrogen-bond acceptors (Lipinski definition) is 4. The maximum atomic E-state index is 6.08. The van der Waals surface area contributed by atoms with Crippen molar-refractivity contribution in [2.45, 2.75) is 23.8 Å². The first kappa shape index (κ1) is 13.2. The number of anilines is 1. The molecule has 1 aliphatic rings. The summed E-state index contributed by atoms with van der Waals surface area (Å²) >= 11 is 5.28. The maximum Gasteiger partial charge on any atom is 0.0715 e. The molecule has 3 nitrogen and oxygen atoms in total. The van der Waals surface area contributed by atoms with Crippen LogP contribution in [-0.4, -0.2) is 23.4 Å². The van der Waals surface area contributed by atoms with Gasteiger partial charge in [0.15, 0.2) is 0 Å². The Hall–Kier alpha value is -0.780. The Morgan fingerprint density at radius 2 is 2.37 bits per heavy atom. The normalized spacial score (nSPS) is 19.1. The predicted octanol–water partition coefficient (Wildman–Crippen LogP) is 3.85. The molecule has 0 bridgehead atoms. The van der Waals surface area contributed by atoms with Gasteiger partial charge in [-0.1, -0.05) is 15.9 Å². The van der Waals surface area contributed by atoms with Crippen LogP contribution in [0.4, 0.5) is 5.69 Å². The number of fused-ring (bicyclic) bond motifs is 1. The molecule has 0 spiro atoms. The lowest BCUT2D eigenvalue weighted by molar-refractivity contribution is 0.129. The predicted molar refractivity (Wildman–Crippen MR) is 83.6 cm³/mol. The third-order valence-electron chi connectivity index (χ3n) is 3.25. The van der Waals surface area contributed by atoms with Gasteiger partial charge in [0.2, 0.25) is 0 Å². The lowest BCUT2D eigenvalue weighted by atomic mass is 10.2. The molecule has 1 atom stereocenters. The Morgan fingerprint density at radius 3 is 3.16 bits per heavy atom. The van der Waals surface area contributed by atoms with Gasteiger partial charge < -0.3 is 10.5 Å². The summed E-state index contributed by atoms with van der Waals surface area (Å²) in [6.45, 7) is 0.892. The van der Waals surface area contributed by atoms with E-state index >= 15 is 0 Å². The summed E-state index contributed by atoms with van der Waals surface area (Å²) in [6, 6.07) is 6.09. The zero-order chi connectivity index (χ0) is 13.2. The molecular weight excluding hydrogens is 324 g/mol. The van der Waals surface area contributed by atoms with Crippen molar-refractivity contribution in [3.05, 3.63) is 28.9 Å². The smallest absolute Gasteiger partial charge is 0.0715 e. The minimum absolute atomic E-state index is 0.361. The number of nitrogens with zero attached hydrogens (tertiary/aromatic N) is 1. The van der Waals surface area contributed by atoms with Gasteiger partial charge >= 0.3 is 0 Å². The van der Waals surface area contributed by atoms with Gasteiger partial charge in [-0.05, 0) is 31.0 Å². The van der Waals surface area contributed by atoms with Crippen molar-refractivity contribution in [3.63, 3.8) is 0 Å². The monoisotopic (exact) mass is 338 g/mol. The molecule has 2 N–H and O–H groups in total. The van der Waals surface area contributed by atoms with E-state index in [0.29, 0.717) is 6.10 Å². The highest BCUT2D eigenvalue weighted by molar-refractivity contribution is 9.10. The van der Waals surface area contributed by atoms with Gasteiger partial charge in [0.1, 0.15) is 0 Å². The number of ether oxygens (including phenoxy) is 1. The van der Waals surface area contributed by atoms with Gasteiger partial charge in [0, 0.05) is 27.1 Å². The summed E-state index contributed by atoms with van der Waals surface area (Å²) in [5.41, 5.74) is 7.81. The highest BCUT2D eigenvalue weighted by atomic mass is 79.9. The van der Waals surface area contributed by atoms with E-state index in [2.05, 4.69) is 27.0 Å². The average molecular weight is 339 g/mol. The van der Waals surface area contributed by atoms with Crippen molar-refractivity contribution >= 4 is 44.3 Å². The standard InChI is InChI=1S/C14H15BrN2OS/c15-9-3-4-13-11(6-9)14(12(16)7-17-13)19-8-10-2-1-5-18-10/h3-4,6-7,10H,1-2,5,8,16H2. The van der Waals surface area contributed by atoms with Crippen LogP contribution in [0.2, 0.25) is 0 Å². The molecule has 0 amide bonds. The van der Waals surface area contributed by atoms with Gasteiger partial charge in [-0.25, -0.2) is 0 Å². The van der Waals surface area contributed by atoms with Crippen LogP contribution in [0.3, 0.4) is 0 Å². The number of benzene rings is 1. The Labute approximate surface area is 125 Å². The highest BCUT2D eigenvalue weighted by Gasteiger charge is 2.17. The lowest BCUT2D eigenvalue weighted by Gasteiger charge is -2.12. The fourth-order valence-corrected chi connectivity index (χ4v) is 3.78. The quantitative estimate of drug-likeness (QED) is 0.863. The second-order valence-electron chi connectivity index (χ2n) is 4.65. The minimum Gasteiger partial charge on any atom is -0.397 e. The summed E-state index contributed by atoms with van der Waals surface area (Å²) in [4.78, 5) is 5.48. The number of hydrogen-bond donors (Lipinski definition) is 1. The summed E-state index contributed by atoms with van der Waals surface area (Å²) in [6.07, 6.45) is 4.43. The van der Waals surface area contributed by atoms with Crippen LogP contribution >= 0.6 is 27.7 Å². The van der Waals surface area contributed by atoms with Crippen LogP contribution in [-0.2, 0) is 4.74 Å². The van der Waals surface area contributed by atoms with Gasteiger partial charge in [-0.15, -0.1) is 11.8 Å². The summed E-state index contributed by atoms with van der Waals surface area (Å²) in [7, 11) is 0. The summed E-state index contributed by atoms with van der Waals surface area (Å²) in [5.74, 6) is 0.954. The molecule has 1 saturated heterocycles. The second-order valence-corrected chi connectivity index (χ2v) is 6.60. The fourth-order valence-electron chi connectivity index (χ4n) is 2.27. The van der Waals surface area contributed by atoms with E-state index in [1.807, 2.05) is 12.1 Å². The molecule has 0 saturated carbocycles. The molecule has 19 heavy (non-hydrogen) atoms. The highest BCUT2D eigenvalue weighted by Crippen LogP contribution is 2.35. The lowest BCUT2D eigenvalue weighted by Crippen LogP contribution is -2.08. The van der Waals surface area contributed by atoms with Crippen molar-refractivity contribution in [2.24, 2.45) is 0 Å². The van der Waals surface area contributed by atoms with Crippen LogP contribution < -0.4 is 5.73 Å². The number of halogens is 1. The van der Waals surface area contributed by atoms with E-state index in [9.17, 15) is 0 Å². The number of pyridine rings is 1. The Balaban J connectivity index is 1.91. The third kappa shape index (κ3) is 2.88. The number of thioether (sulfide) groups is 1. The molecule has 2 aromatic rings.